The second-order valence-electron chi connectivity index (χ2n) is 6.98. The molecule has 0 saturated carbocycles. The van der Waals surface area contributed by atoms with Gasteiger partial charge in [-0.15, -0.1) is 0 Å². The molecule has 4 aromatic rings. The third-order valence-electron chi connectivity index (χ3n) is 4.68. The molecule has 1 heterocycles. The Hall–Kier alpha value is -4.58. The summed E-state index contributed by atoms with van der Waals surface area (Å²) in [5.74, 6) is 2.49. The Morgan fingerprint density at radius 3 is 2.34 bits per heavy atom. The number of hydrogen-bond acceptors (Lipinski definition) is 6. The molecule has 4 rings (SSSR count). The summed E-state index contributed by atoms with van der Waals surface area (Å²) in [6.45, 7) is 7.60. The van der Waals surface area contributed by atoms with Crippen LogP contribution in [0.1, 0.15) is 0 Å². The highest BCUT2D eigenvalue weighted by Crippen LogP contribution is 2.34. The van der Waals surface area contributed by atoms with Crippen molar-refractivity contribution in [2.45, 2.75) is 0 Å². The van der Waals surface area contributed by atoms with Gasteiger partial charge in [0.1, 0.15) is 29.5 Å². The van der Waals surface area contributed by atoms with E-state index in [1.165, 1.54) is 6.33 Å². The Kier molecular flexibility index (Phi) is 6.13. The van der Waals surface area contributed by atoms with Gasteiger partial charge in [0.25, 0.3) is 0 Å². The zero-order valence-electron chi connectivity index (χ0n) is 17.5. The van der Waals surface area contributed by atoms with Crippen LogP contribution in [-0.4, -0.2) is 9.97 Å². The first-order valence-corrected chi connectivity index (χ1v) is 10.0. The molecule has 0 aliphatic carbocycles. The van der Waals surface area contributed by atoms with Crippen LogP contribution < -0.4 is 21.1 Å². The molecule has 0 unspecified atom stereocenters. The van der Waals surface area contributed by atoms with E-state index in [1.807, 2.05) is 78.9 Å². The average Bonchev–Trinajstić information content (AvgIpc) is 2.81. The molecular formula is C26H23N5O. The van der Waals surface area contributed by atoms with E-state index in [0.717, 1.165) is 28.4 Å². The Labute approximate surface area is 187 Å². The van der Waals surface area contributed by atoms with Crippen LogP contribution in [0.4, 0.5) is 23.0 Å². The van der Waals surface area contributed by atoms with E-state index in [9.17, 15) is 0 Å². The SMILES string of the molecule is C=CC(=C)Nc1cccc(Nc2ncnc(N)c2-c2ccc(Oc3ccccc3)cc2)c1. The summed E-state index contributed by atoms with van der Waals surface area (Å²) < 4.78 is 5.88. The van der Waals surface area contributed by atoms with Crippen LogP contribution in [0.2, 0.25) is 0 Å². The van der Waals surface area contributed by atoms with Crippen molar-refractivity contribution in [3.8, 4) is 22.6 Å². The molecular weight excluding hydrogens is 398 g/mol. The zero-order chi connectivity index (χ0) is 22.3. The molecule has 4 N–H and O–H groups in total. The van der Waals surface area contributed by atoms with E-state index in [2.05, 4.69) is 33.8 Å². The van der Waals surface area contributed by atoms with E-state index in [0.29, 0.717) is 22.9 Å². The van der Waals surface area contributed by atoms with Crippen molar-refractivity contribution in [2.75, 3.05) is 16.4 Å². The van der Waals surface area contributed by atoms with E-state index in [-0.39, 0.29) is 0 Å². The maximum Gasteiger partial charge on any atom is 0.143 e. The average molecular weight is 422 g/mol. The van der Waals surface area contributed by atoms with Crippen molar-refractivity contribution >= 4 is 23.0 Å². The fraction of sp³-hybridized carbons (Fsp3) is 0. The summed E-state index contributed by atoms with van der Waals surface area (Å²) in [7, 11) is 0. The highest BCUT2D eigenvalue weighted by Gasteiger charge is 2.13. The Morgan fingerprint density at radius 2 is 1.59 bits per heavy atom. The number of nitrogen functional groups attached to an aromatic ring is 1. The summed E-state index contributed by atoms with van der Waals surface area (Å²) in [6.07, 6.45) is 3.10. The van der Waals surface area contributed by atoms with Crippen molar-refractivity contribution in [3.63, 3.8) is 0 Å². The number of para-hydroxylation sites is 1. The summed E-state index contributed by atoms with van der Waals surface area (Å²) >= 11 is 0. The topological polar surface area (TPSA) is 85.1 Å². The minimum absolute atomic E-state index is 0.383. The second-order valence-corrected chi connectivity index (χ2v) is 6.98. The van der Waals surface area contributed by atoms with Crippen molar-refractivity contribution in [2.24, 2.45) is 0 Å². The molecule has 3 aromatic carbocycles. The predicted molar refractivity (Wildman–Crippen MR) is 131 cm³/mol. The van der Waals surface area contributed by atoms with Gasteiger partial charge in [0.2, 0.25) is 0 Å². The van der Waals surface area contributed by atoms with Gasteiger partial charge in [-0.2, -0.15) is 0 Å². The lowest BCUT2D eigenvalue weighted by atomic mass is 10.1. The normalized spacial score (nSPS) is 10.2. The van der Waals surface area contributed by atoms with Gasteiger partial charge in [-0.25, -0.2) is 9.97 Å². The molecule has 0 radical (unpaired) electrons. The number of nitrogens with one attached hydrogen (secondary N) is 2. The van der Waals surface area contributed by atoms with Crippen LogP contribution in [0.15, 0.2) is 110 Å². The smallest absolute Gasteiger partial charge is 0.143 e. The predicted octanol–water partition coefficient (Wildman–Crippen LogP) is 6.37. The number of ether oxygens (including phenoxy) is 1. The summed E-state index contributed by atoms with van der Waals surface area (Å²) in [5, 5.41) is 6.52. The highest BCUT2D eigenvalue weighted by molar-refractivity contribution is 5.86. The minimum atomic E-state index is 0.383. The standard InChI is InChI=1S/C26H23N5O/c1-3-18(2)30-20-8-7-9-21(16-20)31-26-24(25(27)28-17-29-26)19-12-14-23(15-13-19)32-22-10-5-4-6-11-22/h3-17,30H,1-2H2,(H3,27,28,29,31). The van der Waals surface area contributed by atoms with E-state index >= 15 is 0 Å². The number of nitrogens with two attached hydrogens (primary N) is 1. The van der Waals surface area contributed by atoms with Gasteiger partial charge in [0.15, 0.2) is 0 Å². The van der Waals surface area contributed by atoms with Crippen molar-refractivity contribution in [1.29, 1.82) is 0 Å². The fourth-order valence-electron chi connectivity index (χ4n) is 3.14. The molecule has 0 fully saturated rings. The quantitative estimate of drug-likeness (QED) is 0.287. The molecule has 6 nitrogen and oxygen atoms in total. The maximum absolute atomic E-state index is 6.23. The monoisotopic (exact) mass is 421 g/mol. The molecule has 158 valence electrons. The van der Waals surface area contributed by atoms with Gasteiger partial charge in [-0.05, 0) is 54.1 Å². The number of rotatable bonds is 8. The molecule has 0 saturated heterocycles. The maximum atomic E-state index is 6.23. The van der Waals surface area contributed by atoms with Crippen LogP contribution >= 0.6 is 0 Å². The number of allylic oxidation sites excluding steroid dienone is 1. The zero-order valence-corrected chi connectivity index (χ0v) is 17.5. The Morgan fingerprint density at radius 1 is 0.875 bits per heavy atom. The minimum Gasteiger partial charge on any atom is -0.457 e. The molecule has 6 heteroatoms. The van der Waals surface area contributed by atoms with Crippen LogP contribution in [0.25, 0.3) is 11.1 Å². The van der Waals surface area contributed by atoms with Crippen LogP contribution in [0, 0.1) is 0 Å². The lowest BCUT2D eigenvalue weighted by Crippen LogP contribution is -2.03. The largest absolute Gasteiger partial charge is 0.457 e. The van der Waals surface area contributed by atoms with Crippen molar-refractivity contribution in [1.82, 2.24) is 9.97 Å². The van der Waals surface area contributed by atoms with Gasteiger partial charge < -0.3 is 21.1 Å². The lowest BCUT2D eigenvalue weighted by Gasteiger charge is -2.14. The Balaban J connectivity index is 1.59. The first kappa shape index (κ1) is 20.7. The molecule has 0 amide bonds. The van der Waals surface area contributed by atoms with Crippen molar-refractivity contribution < 1.29 is 4.74 Å². The molecule has 0 aliphatic heterocycles. The fourth-order valence-corrected chi connectivity index (χ4v) is 3.14. The van der Waals surface area contributed by atoms with E-state index in [4.69, 9.17) is 10.5 Å². The van der Waals surface area contributed by atoms with Gasteiger partial charge in [0.05, 0.1) is 5.56 Å². The Bertz CT molecular complexity index is 1240. The molecule has 32 heavy (non-hydrogen) atoms. The molecule has 0 aliphatic rings. The number of aromatic nitrogens is 2. The summed E-state index contributed by atoms with van der Waals surface area (Å²) in [6, 6.07) is 25.1. The van der Waals surface area contributed by atoms with Gasteiger partial charge in [-0.3, -0.25) is 0 Å². The van der Waals surface area contributed by atoms with Crippen LogP contribution in [0.3, 0.4) is 0 Å². The number of anilines is 4. The highest BCUT2D eigenvalue weighted by atomic mass is 16.5. The summed E-state index contributed by atoms with van der Waals surface area (Å²) in [4.78, 5) is 8.60. The lowest BCUT2D eigenvalue weighted by molar-refractivity contribution is 0.483. The molecule has 0 atom stereocenters. The number of benzene rings is 3. The van der Waals surface area contributed by atoms with Crippen LogP contribution in [-0.2, 0) is 0 Å². The third-order valence-corrected chi connectivity index (χ3v) is 4.68. The first-order valence-electron chi connectivity index (χ1n) is 10.0. The van der Waals surface area contributed by atoms with Gasteiger partial charge in [-0.1, -0.05) is 49.6 Å². The summed E-state index contributed by atoms with van der Waals surface area (Å²) in [5.41, 5.74) is 10.3. The van der Waals surface area contributed by atoms with Crippen LogP contribution in [0.5, 0.6) is 11.5 Å². The van der Waals surface area contributed by atoms with Gasteiger partial charge in [0, 0.05) is 17.1 Å². The van der Waals surface area contributed by atoms with E-state index in [1.54, 1.807) is 6.08 Å². The first-order chi connectivity index (χ1) is 15.6. The third kappa shape index (κ3) is 4.94. The van der Waals surface area contributed by atoms with E-state index < -0.39 is 0 Å². The molecule has 1 aromatic heterocycles. The number of nitrogens with zero attached hydrogens (tertiary/aromatic N) is 2. The molecule has 0 bridgehead atoms. The van der Waals surface area contributed by atoms with Crippen molar-refractivity contribution in [3.05, 3.63) is 110 Å². The second kappa shape index (κ2) is 9.49. The van der Waals surface area contributed by atoms with Gasteiger partial charge >= 0.3 is 0 Å². The molecule has 0 spiro atoms. The number of hydrogen-bond donors (Lipinski definition) is 3.